The summed E-state index contributed by atoms with van der Waals surface area (Å²) in [5.41, 5.74) is 2.39. The first-order valence-corrected chi connectivity index (χ1v) is 6.08. The zero-order chi connectivity index (χ0) is 13.8. The van der Waals surface area contributed by atoms with Crippen LogP contribution in [0, 0.1) is 0 Å². The van der Waals surface area contributed by atoms with E-state index in [9.17, 15) is 4.79 Å². The summed E-state index contributed by atoms with van der Waals surface area (Å²) in [5, 5.41) is 3.79. The van der Waals surface area contributed by atoms with E-state index in [0.717, 1.165) is 0 Å². The molecule has 1 aliphatic heterocycles. The molecule has 3 rings (SSSR count). The van der Waals surface area contributed by atoms with Crippen molar-refractivity contribution in [3.8, 4) is 11.5 Å². The van der Waals surface area contributed by atoms with Crippen LogP contribution in [0.2, 0.25) is 0 Å². The second-order valence-electron chi connectivity index (χ2n) is 4.11. The molecule has 0 aliphatic carbocycles. The first-order chi connectivity index (χ1) is 9.83. The van der Waals surface area contributed by atoms with Gasteiger partial charge in [-0.25, -0.2) is 5.43 Å². The second kappa shape index (κ2) is 5.48. The number of para-hydroxylation sites is 2. The first-order valence-electron chi connectivity index (χ1n) is 6.08. The topological polar surface area (TPSA) is 73.1 Å². The molecule has 1 aromatic carbocycles. The molecule has 0 unspecified atom stereocenters. The van der Waals surface area contributed by atoms with E-state index in [1.54, 1.807) is 24.3 Å². The van der Waals surface area contributed by atoms with Crippen molar-refractivity contribution in [1.82, 2.24) is 5.43 Å². The van der Waals surface area contributed by atoms with Crippen LogP contribution in [-0.4, -0.2) is 24.8 Å². The van der Waals surface area contributed by atoms with Crippen LogP contribution in [0.5, 0.6) is 11.5 Å². The molecule has 1 aromatic heterocycles. The zero-order valence-electron chi connectivity index (χ0n) is 10.5. The van der Waals surface area contributed by atoms with E-state index in [0.29, 0.717) is 17.3 Å². The summed E-state index contributed by atoms with van der Waals surface area (Å²) < 4.78 is 16.1. The summed E-state index contributed by atoms with van der Waals surface area (Å²) in [6, 6.07) is 10.7. The van der Waals surface area contributed by atoms with Gasteiger partial charge in [0.25, 0.3) is 5.91 Å². The highest BCUT2D eigenvalue weighted by Crippen LogP contribution is 2.30. The number of hydrogen-bond acceptors (Lipinski definition) is 5. The van der Waals surface area contributed by atoms with Crippen LogP contribution < -0.4 is 14.9 Å². The van der Waals surface area contributed by atoms with Gasteiger partial charge in [-0.3, -0.25) is 4.79 Å². The zero-order valence-corrected chi connectivity index (χ0v) is 10.5. The quantitative estimate of drug-likeness (QED) is 0.680. The van der Waals surface area contributed by atoms with Gasteiger partial charge in [0.1, 0.15) is 12.4 Å². The Bertz CT molecular complexity index is 622. The largest absolute Gasteiger partial charge is 0.485 e. The molecule has 102 valence electrons. The fourth-order valence-corrected chi connectivity index (χ4v) is 1.74. The SMILES string of the molecule is O=C(N/N=C\c1ccco1)[C@@H]1COc2ccccc2O1. The molecule has 0 spiro atoms. The van der Waals surface area contributed by atoms with Crippen LogP contribution in [-0.2, 0) is 4.79 Å². The molecular weight excluding hydrogens is 260 g/mol. The molecule has 1 N–H and O–H groups in total. The third kappa shape index (κ3) is 2.64. The molecule has 0 saturated carbocycles. The Morgan fingerprint density at radius 3 is 2.90 bits per heavy atom. The Hall–Kier alpha value is -2.76. The third-order valence-electron chi connectivity index (χ3n) is 2.71. The number of hydrazone groups is 1. The highest BCUT2D eigenvalue weighted by molar-refractivity contribution is 5.83. The summed E-state index contributed by atoms with van der Waals surface area (Å²) in [7, 11) is 0. The van der Waals surface area contributed by atoms with Crippen LogP contribution >= 0.6 is 0 Å². The molecule has 20 heavy (non-hydrogen) atoms. The lowest BCUT2D eigenvalue weighted by molar-refractivity contribution is -0.130. The van der Waals surface area contributed by atoms with Gasteiger partial charge in [-0.05, 0) is 24.3 Å². The second-order valence-corrected chi connectivity index (χ2v) is 4.11. The lowest BCUT2D eigenvalue weighted by Gasteiger charge is -2.24. The first kappa shape index (κ1) is 12.3. The maximum absolute atomic E-state index is 11.9. The van der Waals surface area contributed by atoms with Gasteiger partial charge in [-0.1, -0.05) is 12.1 Å². The third-order valence-corrected chi connectivity index (χ3v) is 2.71. The van der Waals surface area contributed by atoms with Crippen molar-refractivity contribution < 1.29 is 18.7 Å². The van der Waals surface area contributed by atoms with Gasteiger partial charge < -0.3 is 13.9 Å². The van der Waals surface area contributed by atoms with E-state index in [4.69, 9.17) is 13.9 Å². The molecule has 1 amide bonds. The number of benzene rings is 1. The van der Waals surface area contributed by atoms with E-state index in [2.05, 4.69) is 10.5 Å². The number of amides is 1. The van der Waals surface area contributed by atoms with E-state index >= 15 is 0 Å². The average Bonchev–Trinajstić information content (AvgIpc) is 3.00. The number of ether oxygens (including phenoxy) is 2. The van der Waals surface area contributed by atoms with Crippen molar-refractivity contribution >= 4 is 12.1 Å². The molecule has 6 heteroatoms. The maximum atomic E-state index is 11.9. The minimum absolute atomic E-state index is 0.152. The maximum Gasteiger partial charge on any atom is 0.284 e. The van der Waals surface area contributed by atoms with Crippen molar-refractivity contribution in [2.24, 2.45) is 5.10 Å². The Morgan fingerprint density at radius 1 is 1.25 bits per heavy atom. The van der Waals surface area contributed by atoms with Gasteiger partial charge in [0.15, 0.2) is 11.5 Å². The molecule has 0 radical (unpaired) electrons. The lowest BCUT2D eigenvalue weighted by Crippen LogP contribution is -2.42. The monoisotopic (exact) mass is 272 g/mol. The molecule has 1 atom stereocenters. The predicted molar refractivity (Wildman–Crippen MR) is 70.8 cm³/mol. The number of rotatable bonds is 3. The number of nitrogens with one attached hydrogen (secondary N) is 1. The van der Waals surface area contributed by atoms with Crippen molar-refractivity contribution in [3.05, 3.63) is 48.4 Å². The number of carbonyl (C=O) groups excluding carboxylic acids is 1. The van der Waals surface area contributed by atoms with Crippen LogP contribution in [0.1, 0.15) is 5.76 Å². The summed E-state index contributed by atoms with van der Waals surface area (Å²) >= 11 is 0. The Labute approximate surface area is 115 Å². The van der Waals surface area contributed by atoms with Crippen molar-refractivity contribution in [2.75, 3.05) is 6.61 Å². The minimum Gasteiger partial charge on any atom is -0.485 e. The molecule has 0 saturated heterocycles. The number of hydrogen-bond donors (Lipinski definition) is 1. The molecule has 6 nitrogen and oxygen atoms in total. The molecule has 0 bridgehead atoms. The van der Waals surface area contributed by atoms with E-state index in [1.165, 1.54) is 12.5 Å². The van der Waals surface area contributed by atoms with E-state index in [-0.39, 0.29) is 12.5 Å². The van der Waals surface area contributed by atoms with Crippen molar-refractivity contribution in [2.45, 2.75) is 6.10 Å². The van der Waals surface area contributed by atoms with Gasteiger partial charge in [0.05, 0.1) is 12.5 Å². The smallest absolute Gasteiger partial charge is 0.284 e. The normalized spacial score (nSPS) is 17.1. The van der Waals surface area contributed by atoms with Crippen molar-refractivity contribution in [3.63, 3.8) is 0 Å². The Morgan fingerprint density at radius 2 is 2.10 bits per heavy atom. The molecule has 0 fully saturated rings. The summed E-state index contributed by atoms with van der Waals surface area (Å²) in [6.45, 7) is 0.152. The minimum atomic E-state index is -0.723. The van der Waals surface area contributed by atoms with Gasteiger partial charge in [-0.15, -0.1) is 0 Å². The fraction of sp³-hybridized carbons (Fsp3) is 0.143. The van der Waals surface area contributed by atoms with Gasteiger partial charge >= 0.3 is 0 Å². The van der Waals surface area contributed by atoms with E-state index in [1.807, 2.05) is 12.1 Å². The highest BCUT2D eigenvalue weighted by Gasteiger charge is 2.26. The predicted octanol–water partition coefficient (Wildman–Crippen LogP) is 1.57. The van der Waals surface area contributed by atoms with Crippen molar-refractivity contribution in [1.29, 1.82) is 0 Å². The molecule has 2 aromatic rings. The number of nitrogens with zero attached hydrogens (tertiary/aromatic N) is 1. The molecule has 2 heterocycles. The molecule has 1 aliphatic rings. The van der Waals surface area contributed by atoms with Crippen LogP contribution in [0.25, 0.3) is 0 Å². The van der Waals surface area contributed by atoms with Crippen LogP contribution in [0.15, 0.2) is 52.2 Å². The van der Waals surface area contributed by atoms with Crippen LogP contribution in [0.4, 0.5) is 0 Å². The summed E-state index contributed by atoms with van der Waals surface area (Å²) in [6.07, 6.45) is 2.21. The van der Waals surface area contributed by atoms with Gasteiger partial charge in [0, 0.05) is 0 Å². The standard InChI is InChI=1S/C14H12N2O4/c17-14(16-15-8-10-4-3-7-18-10)13-9-19-11-5-1-2-6-12(11)20-13/h1-8,13H,9H2,(H,16,17)/b15-8-/t13-/m0/s1. The number of fused-ring (bicyclic) bond motifs is 1. The fourth-order valence-electron chi connectivity index (χ4n) is 1.74. The van der Waals surface area contributed by atoms with Gasteiger partial charge in [-0.2, -0.15) is 5.10 Å². The summed E-state index contributed by atoms with van der Waals surface area (Å²) in [5.74, 6) is 1.36. The van der Waals surface area contributed by atoms with E-state index < -0.39 is 6.10 Å². The Kier molecular flexibility index (Phi) is 3.36. The summed E-state index contributed by atoms with van der Waals surface area (Å²) in [4.78, 5) is 11.9. The Balaban J connectivity index is 1.59. The van der Waals surface area contributed by atoms with Crippen LogP contribution in [0.3, 0.4) is 0 Å². The number of carbonyl (C=O) groups is 1. The lowest BCUT2D eigenvalue weighted by atomic mass is 10.2. The number of furan rings is 1. The highest BCUT2D eigenvalue weighted by atomic mass is 16.6. The molecular formula is C14H12N2O4. The van der Waals surface area contributed by atoms with Gasteiger partial charge in [0.2, 0.25) is 6.10 Å². The average molecular weight is 272 g/mol.